The van der Waals surface area contributed by atoms with E-state index < -0.39 is 44.5 Å². The minimum absolute atomic E-state index is 0.0145. The summed E-state index contributed by atoms with van der Waals surface area (Å²) in [4.78, 5) is 4.01. The van der Waals surface area contributed by atoms with Crippen LogP contribution in [0.1, 0.15) is 28.9 Å². The van der Waals surface area contributed by atoms with Crippen LogP contribution in [0.3, 0.4) is 0 Å². The van der Waals surface area contributed by atoms with Gasteiger partial charge in [0.25, 0.3) is 0 Å². The Balaban J connectivity index is 1.53. The molecule has 6 rings (SSSR count). The van der Waals surface area contributed by atoms with Crippen LogP contribution in [0, 0.1) is 11.2 Å². The summed E-state index contributed by atoms with van der Waals surface area (Å²) in [5, 5.41) is 20.7. The molecule has 10 nitrogen and oxygen atoms in total. The Kier molecular flexibility index (Phi) is 6.84. The van der Waals surface area contributed by atoms with Gasteiger partial charge in [-0.1, -0.05) is 5.57 Å². The van der Waals surface area contributed by atoms with E-state index in [0.29, 0.717) is 28.6 Å². The number of piperidine rings is 1. The maximum absolute atomic E-state index is 13.7. The monoisotopic (exact) mass is 618 g/mol. The number of nitrogens with zero attached hydrogens (tertiary/aromatic N) is 6. The first-order chi connectivity index (χ1) is 20.3. The van der Waals surface area contributed by atoms with Gasteiger partial charge in [-0.05, 0) is 60.9 Å². The molecule has 1 N–H and O–H groups in total. The molecule has 0 bridgehead atoms. The number of rotatable bonds is 6. The van der Waals surface area contributed by atoms with Crippen molar-refractivity contribution in [1.82, 2.24) is 28.9 Å². The number of fused-ring (bicyclic) bond motifs is 2. The Morgan fingerprint density at radius 3 is 2.49 bits per heavy atom. The maximum Gasteiger partial charge on any atom is 0.416 e. The number of aromatic nitrogens is 5. The number of halogens is 4. The van der Waals surface area contributed by atoms with Gasteiger partial charge in [0, 0.05) is 39.6 Å². The Hall–Kier alpha value is -3.92. The molecule has 1 saturated heterocycles. The van der Waals surface area contributed by atoms with Crippen molar-refractivity contribution >= 4 is 16.1 Å². The molecule has 2 atom stereocenters. The summed E-state index contributed by atoms with van der Waals surface area (Å²) in [7, 11) is -1.42. The van der Waals surface area contributed by atoms with Crippen LogP contribution in [-0.4, -0.2) is 62.6 Å². The van der Waals surface area contributed by atoms with Gasteiger partial charge < -0.3 is 9.84 Å². The number of methoxy groups -OCH3 is 1. The molecule has 1 aromatic carbocycles. The normalized spacial score (nSPS) is 20.7. The number of benzene rings is 1. The number of hydrogen-bond donors (Lipinski definition) is 1. The average Bonchev–Trinajstić information content (AvgIpc) is 3.61. The molecule has 3 aromatic heterocycles. The first-order valence-corrected chi connectivity index (χ1v) is 14.6. The summed E-state index contributed by atoms with van der Waals surface area (Å²) < 4.78 is 92.0. The zero-order valence-electron chi connectivity index (χ0n) is 23.0. The SMILES string of the molecule is CO[C@@](O)(c1cc(C(F)(F)F)ccn1)C12Cc3cnn(-c4ccc(F)cc4)c3C=C1CCN(S(=O)(=O)c1cnn(C)c1)C2. The number of hydrogen-bond acceptors (Lipinski definition) is 7. The molecule has 226 valence electrons. The lowest BCUT2D eigenvalue weighted by Gasteiger charge is -2.53. The van der Waals surface area contributed by atoms with Crippen LogP contribution in [-0.2, 0) is 40.2 Å². The molecule has 0 radical (unpaired) electrons. The number of sulfonamides is 1. The number of pyridine rings is 1. The third-order valence-electron chi connectivity index (χ3n) is 8.15. The first-order valence-electron chi connectivity index (χ1n) is 13.1. The smallest absolute Gasteiger partial charge is 0.360 e. The zero-order chi connectivity index (χ0) is 30.8. The predicted molar refractivity (Wildman–Crippen MR) is 144 cm³/mol. The van der Waals surface area contributed by atoms with Crippen LogP contribution in [0.4, 0.5) is 17.6 Å². The zero-order valence-corrected chi connectivity index (χ0v) is 23.8. The minimum Gasteiger partial charge on any atom is -0.360 e. The van der Waals surface area contributed by atoms with E-state index in [2.05, 4.69) is 15.2 Å². The lowest BCUT2D eigenvalue weighted by Crippen LogP contribution is -2.60. The van der Waals surface area contributed by atoms with Crippen molar-refractivity contribution in [1.29, 1.82) is 0 Å². The summed E-state index contributed by atoms with van der Waals surface area (Å²) in [5.74, 6) is -2.93. The highest BCUT2D eigenvalue weighted by molar-refractivity contribution is 7.89. The topological polar surface area (TPSA) is 115 Å². The van der Waals surface area contributed by atoms with Gasteiger partial charge in [-0.2, -0.15) is 27.7 Å². The van der Waals surface area contributed by atoms with E-state index in [1.807, 2.05) is 0 Å². The fourth-order valence-electron chi connectivity index (χ4n) is 5.97. The average molecular weight is 619 g/mol. The van der Waals surface area contributed by atoms with Gasteiger partial charge in [-0.3, -0.25) is 9.67 Å². The molecular weight excluding hydrogens is 592 g/mol. The molecule has 0 spiro atoms. The highest BCUT2D eigenvalue weighted by Crippen LogP contribution is 2.55. The Labute approximate surface area is 243 Å². The third kappa shape index (κ3) is 4.67. The second kappa shape index (κ2) is 10.1. The van der Waals surface area contributed by atoms with Crippen molar-refractivity contribution < 1.29 is 35.8 Å². The number of alkyl halides is 3. The molecule has 4 aromatic rings. The lowest BCUT2D eigenvalue weighted by atomic mass is 9.62. The summed E-state index contributed by atoms with van der Waals surface area (Å²) in [6, 6.07) is 7.15. The van der Waals surface area contributed by atoms with Gasteiger partial charge >= 0.3 is 6.18 Å². The molecule has 15 heteroatoms. The second-order valence-corrected chi connectivity index (χ2v) is 12.5. The third-order valence-corrected chi connectivity index (χ3v) is 9.95. The fraction of sp³-hybridized carbons (Fsp3) is 0.321. The molecule has 1 fully saturated rings. The lowest BCUT2D eigenvalue weighted by molar-refractivity contribution is -0.268. The number of aliphatic hydroxyl groups is 1. The molecule has 4 heterocycles. The standard InChI is InChI=1S/C28H26F4N6O4S/c1-36-16-23(15-34-36)43(40,41)37-10-8-19-11-24-18(14-35-38(24)22-5-3-21(29)4-6-22)13-26(19,17-37)27(39,42-2)25-12-20(7-9-33-25)28(30,31)32/h3-7,9,11-12,14-16,39H,8,10,13,17H2,1-2H3/t26?,27-/m0/s1. The van der Waals surface area contributed by atoms with Gasteiger partial charge in [0.1, 0.15) is 16.4 Å². The first kappa shape index (κ1) is 29.2. The highest BCUT2D eigenvalue weighted by Gasteiger charge is 2.60. The quantitative estimate of drug-likeness (QED) is 0.259. The molecule has 43 heavy (non-hydrogen) atoms. The van der Waals surface area contributed by atoms with Gasteiger partial charge in [-0.15, -0.1) is 0 Å². The summed E-state index contributed by atoms with van der Waals surface area (Å²) >= 11 is 0. The van der Waals surface area contributed by atoms with Crippen molar-refractivity contribution in [2.75, 3.05) is 20.2 Å². The predicted octanol–water partition coefficient (Wildman–Crippen LogP) is 3.67. The van der Waals surface area contributed by atoms with Crippen molar-refractivity contribution in [3.8, 4) is 5.69 Å². The second-order valence-electron chi connectivity index (χ2n) is 10.6. The molecular formula is C28H26F4N6O4S. The van der Waals surface area contributed by atoms with Crippen LogP contribution in [0.15, 0.2) is 71.7 Å². The van der Waals surface area contributed by atoms with Gasteiger partial charge in [0.15, 0.2) is 0 Å². The van der Waals surface area contributed by atoms with Crippen molar-refractivity contribution in [3.05, 3.63) is 95.1 Å². The molecule has 0 amide bonds. The van der Waals surface area contributed by atoms with E-state index in [1.165, 1.54) is 39.7 Å². The Morgan fingerprint density at radius 2 is 1.84 bits per heavy atom. The summed E-state index contributed by atoms with van der Waals surface area (Å²) in [6.07, 6.45) is 2.05. The molecule has 2 aliphatic rings. The van der Waals surface area contributed by atoms with Gasteiger partial charge in [-0.25, -0.2) is 17.5 Å². The van der Waals surface area contributed by atoms with Crippen LogP contribution < -0.4 is 0 Å². The van der Waals surface area contributed by atoms with Crippen molar-refractivity contribution in [2.24, 2.45) is 12.5 Å². The van der Waals surface area contributed by atoms with E-state index in [4.69, 9.17) is 4.74 Å². The van der Waals surface area contributed by atoms with E-state index in [1.54, 1.807) is 29.9 Å². The van der Waals surface area contributed by atoms with E-state index in [-0.39, 0.29) is 30.8 Å². The van der Waals surface area contributed by atoms with E-state index >= 15 is 0 Å². The van der Waals surface area contributed by atoms with Gasteiger partial charge in [0.05, 0.1) is 34.8 Å². The molecule has 0 saturated carbocycles. The van der Waals surface area contributed by atoms with Crippen LogP contribution in [0.2, 0.25) is 0 Å². The highest BCUT2D eigenvalue weighted by atomic mass is 32.2. The van der Waals surface area contributed by atoms with Crippen LogP contribution in [0.25, 0.3) is 11.8 Å². The number of aryl methyl sites for hydroxylation is 1. The summed E-state index contributed by atoms with van der Waals surface area (Å²) in [6.45, 7) is -0.333. The van der Waals surface area contributed by atoms with Crippen LogP contribution in [0.5, 0.6) is 0 Å². The molecule has 1 aliphatic heterocycles. The minimum atomic E-state index is -4.74. The number of ether oxygens (including phenoxy) is 1. The molecule has 1 aliphatic carbocycles. The van der Waals surface area contributed by atoms with Crippen molar-refractivity contribution in [2.45, 2.75) is 29.7 Å². The fourth-order valence-corrected chi connectivity index (χ4v) is 7.46. The largest absolute Gasteiger partial charge is 0.416 e. The summed E-state index contributed by atoms with van der Waals surface area (Å²) in [5.41, 5.74) is -0.824. The van der Waals surface area contributed by atoms with Crippen LogP contribution >= 0.6 is 0 Å². The maximum atomic E-state index is 13.7. The Morgan fingerprint density at radius 1 is 1.09 bits per heavy atom. The van der Waals surface area contributed by atoms with E-state index in [9.17, 15) is 31.1 Å². The molecule has 1 unspecified atom stereocenters. The van der Waals surface area contributed by atoms with Gasteiger partial charge in [0.2, 0.25) is 15.8 Å². The Bertz CT molecular complexity index is 1840. The van der Waals surface area contributed by atoms with Crippen molar-refractivity contribution in [3.63, 3.8) is 0 Å². The van der Waals surface area contributed by atoms with E-state index in [0.717, 1.165) is 19.4 Å².